The number of nitrogen functional groups attached to an aromatic ring is 1. The molecule has 2 heterocycles. The number of aromatic nitrogens is 4. The molecule has 2 aromatic heterocycles. The summed E-state index contributed by atoms with van der Waals surface area (Å²) in [4.78, 5) is 13.9. The number of hydrogen-bond acceptors (Lipinski definition) is 6. The second kappa shape index (κ2) is 7.56. The molecule has 5 aromatic rings. The predicted molar refractivity (Wildman–Crippen MR) is 121 cm³/mol. The highest BCUT2D eigenvalue weighted by atomic mass is 15.3. The Morgan fingerprint density at radius 3 is 2.13 bits per heavy atom. The van der Waals surface area contributed by atoms with E-state index >= 15 is 0 Å². The Bertz CT molecular complexity index is 1300. The van der Waals surface area contributed by atoms with Crippen molar-refractivity contribution in [2.24, 2.45) is 0 Å². The summed E-state index contributed by atoms with van der Waals surface area (Å²) in [6.45, 7) is 0. The first-order chi connectivity index (χ1) is 14.8. The molecule has 0 aliphatic heterocycles. The molecular weight excluding hydrogens is 374 g/mol. The number of nitrogens with two attached hydrogens (primary N) is 1. The third-order valence-corrected chi connectivity index (χ3v) is 4.59. The van der Waals surface area contributed by atoms with E-state index in [1.54, 1.807) is 6.20 Å². The van der Waals surface area contributed by atoms with Crippen LogP contribution in [0.5, 0.6) is 0 Å². The minimum Gasteiger partial charge on any atom is -0.399 e. The van der Waals surface area contributed by atoms with Crippen molar-refractivity contribution in [2.45, 2.75) is 0 Å². The van der Waals surface area contributed by atoms with Crippen molar-refractivity contribution in [2.75, 3.05) is 16.4 Å². The summed E-state index contributed by atoms with van der Waals surface area (Å²) in [6, 6.07) is 27.3. The van der Waals surface area contributed by atoms with Gasteiger partial charge in [0, 0.05) is 17.1 Å². The molecule has 5 rings (SSSR count). The van der Waals surface area contributed by atoms with Gasteiger partial charge < -0.3 is 16.4 Å². The van der Waals surface area contributed by atoms with Gasteiger partial charge in [-0.1, -0.05) is 42.5 Å². The molecule has 0 spiro atoms. The molecule has 30 heavy (non-hydrogen) atoms. The minimum atomic E-state index is 0.491. The van der Waals surface area contributed by atoms with E-state index in [1.165, 1.54) is 0 Å². The van der Waals surface area contributed by atoms with Crippen molar-refractivity contribution in [3.8, 4) is 5.69 Å². The molecule has 0 amide bonds. The number of imidazole rings is 1. The molecule has 0 aliphatic rings. The normalized spacial score (nSPS) is 10.8. The highest BCUT2D eigenvalue weighted by Crippen LogP contribution is 2.27. The topological polar surface area (TPSA) is 93.7 Å². The molecule has 7 nitrogen and oxygen atoms in total. The van der Waals surface area contributed by atoms with Crippen molar-refractivity contribution in [1.82, 2.24) is 19.5 Å². The molecular formula is C23H19N7. The van der Waals surface area contributed by atoms with E-state index in [1.807, 2.05) is 89.5 Å². The number of anilines is 5. The second-order valence-electron chi connectivity index (χ2n) is 6.75. The lowest BCUT2D eigenvalue weighted by molar-refractivity contribution is 1.07. The zero-order valence-electron chi connectivity index (χ0n) is 16.0. The summed E-state index contributed by atoms with van der Waals surface area (Å²) in [7, 11) is 0. The van der Waals surface area contributed by atoms with Crippen LogP contribution < -0.4 is 16.4 Å². The number of fused-ring (bicyclic) bond motifs is 1. The SMILES string of the molecule is Nc1cccc(-n2c(Nc3ccccc3)nc3cnc(Nc4ccccc4)nc32)c1. The first-order valence-electron chi connectivity index (χ1n) is 9.52. The minimum absolute atomic E-state index is 0.491. The Balaban J connectivity index is 1.64. The molecule has 0 fully saturated rings. The number of benzene rings is 3. The summed E-state index contributed by atoms with van der Waals surface area (Å²) in [5.41, 5.74) is 10.8. The van der Waals surface area contributed by atoms with Gasteiger partial charge in [0.25, 0.3) is 0 Å². The number of nitrogens with one attached hydrogen (secondary N) is 2. The van der Waals surface area contributed by atoms with E-state index in [2.05, 4.69) is 15.6 Å². The van der Waals surface area contributed by atoms with E-state index in [0.717, 1.165) is 17.1 Å². The zero-order chi connectivity index (χ0) is 20.3. The first kappa shape index (κ1) is 17.7. The van der Waals surface area contributed by atoms with Crippen LogP contribution in [0.2, 0.25) is 0 Å². The van der Waals surface area contributed by atoms with E-state index < -0.39 is 0 Å². The van der Waals surface area contributed by atoms with Gasteiger partial charge >= 0.3 is 0 Å². The van der Waals surface area contributed by atoms with Crippen LogP contribution in [0.1, 0.15) is 0 Å². The number of hydrogen-bond donors (Lipinski definition) is 3. The van der Waals surface area contributed by atoms with Gasteiger partial charge in [0.05, 0.1) is 11.9 Å². The number of para-hydroxylation sites is 2. The number of rotatable bonds is 5. The maximum Gasteiger partial charge on any atom is 0.229 e. The highest BCUT2D eigenvalue weighted by Gasteiger charge is 2.16. The summed E-state index contributed by atoms with van der Waals surface area (Å²) < 4.78 is 1.94. The van der Waals surface area contributed by atoms with Crippen molar-refractivity contribution >= 4 is 40.1 Å². The third-order valence-electron chi connectivity index (χ3n) is 4.59. The van der Waals surface area contributed by atoms with Gasteiger partial charge in [-0.2, -0.15) is 4.98 Å². The average Bonchev–Trinajstić information content (AvgIpc) is 3.12. The quantitative estimate of drug-likeness (QED) is 0.368. The monoisotopic (exact) mass is 393 g/mol. The standard InChI is InChI=1S/C23H19N7/c24-16-8-7-13-19(14-16)30-21-20(28-23(30)27-18-11-5-2-6-12-18)15-25-22(29-21)26-17-9-3-1-4-10-17/h1-15H,24H2,(H,27,28)(H,25,26,29). The molecule has 0 radical (unpaired) electrons. The van der Waals surface area contributed by atoms with Gasteiger partial charge in [0.1, 0.15) is 5.52 Å². The van der Waals surface area contributed by atoms with Gasteiger partial charge in [-0.05, 0) is 42.5 Å². The fourth-order valence-electron chi connectivity index (χ4n) is 3.23. The Kier molecular flexibility index (Phi) is 4.46. The number of nitrogens with zero attached hydrogens (tertiary/aromatic N) is 4. The van der Waals surface area contributed by atoms with E-state index in [4.69, 9.17) is 15.7 Å². The van der Waals surface area contributed by atoms with E-state index in [0.29, 0.717) is 28.7 Å². The predicted octanol–water partition coefficient (Wildman–Crippen LogP) is 4.88. The van der Waals surface area contributed by atoms with Crippen molar-refractivity contribution < 1.29 is 0 Å². The van der Waals surface area contributed by atoms with Gasteiger partial charge in [-0.3, -0.25) is 4.57 Å². The van der Waals surface area contributed by atoms with Crippen LogP contribution >= 0.6 is 0 Å². The van der Waals surface area contributed by atoms with Crippen molar-refractivity contribution in [3.63, 3.8) is 0 Å². The molecule has 0 aliphatic carbocycles. The molecule has 0 bridgehead atoms. The third kappa shape index (κ3) is 3.51. The Morgan fingerprint density at radius 1 is 0.733 bits per heavy atom. The molecule has 0 saturated heterocycles. The van der Waals surface area contributed by atoms with Gasteiger partial charge in [0.15, 0.2) is 5.65 Å². The van der Waals surface area contributed by atoms with Gasteiger partial charge in [-0.15, -0.1) is 0 Å². The maximum absolute atomic E-state index is 6.04. The maximum atomic E-state index is 6.04. The fraction of sp³-hybridized carbons (Fsp3) is 0. The summed E-state index contributed by atoms with van der Waals surface area (Å²) in [5.74, 6) is 1.12. The summed E-state index contributed by atoms with van der Waals surface area (Å²) in [6.07, 6.45) is 1.71. The molecule has 0 saturated carbocycles. The smallest absolute Gasteiger partial charge is 0.229 e. The Morgan fingerprint density at radius 2 is 1.43 bits per heavy atom. The van der Waals surface area contributed by atoms with Crippen molar-refractivity contribution in [3.05, 3.63) is 91.1 Å². The van der Waals surface area contributed by atoms with Crippen LogP contribution in [-0.4, -0.2) is 19.5 Å². The van der Waals surface area contributed by atoms with Crippen LogP contribution in [0.15, 0.2) is 91.1 Å². The van der Waals surface area contributed by atoms with Crippen LogP contribution in [-0.2, 0) is 0 Å². The summed E-state index contributed by atoms with van der Waals surface area (Å²) >= 11 is 0. The van der Waals surface area contributed by atoms with Crippen LogP contribution in [0.4, 0.5) is 29.0 Å². The summed E-state index contributed by atoms with van der Waals surface area (Å²) in [5, 5.41) is 6.61. The molecule has 0 unspecified atom stereocenters. The molecule has 0 atom stereocenters. The first-order valence-corrected chi connectivity index (χ1v) is 9.52. The molecule has 146 valence electrons. The lowest BCUT2D eigenvalue weighted by Crippen LogP contribution is -2.04. The Labute approximate surface area is 173 Å². The van der Waals surface area contributed by atoms with E-state index in [9.17, 15) is 0 Å². The molecule has 3 aromatic carbocycles. The lowest BCUT2D eigenvalue weighted by Gasteiger charge is -2.11. The lowest BCUT2D eigenvalue weighted by atomic mass is 10.3. The molecule has 7 heteroatoms. The molecule has 4 N–H and O–H groups in total. The van der Waals surface area contributed by atoms with Gasteiger partial charge in [0.2, 0.25) is 11.9 Å². The fourth-order valence-corrected chi connectivity index (χ4v) is 3.23. The van der Waals surface area contributed by atoms with Crippen LogP contribution in [0.25, 0.3) is 16.9 Å². The van der Waals surface area contributed by atoms with Crippen LogP contribution in [0, 0.1) is 0 Å². The van der Waals surface area contributed by atoms with Crippen molar-refractivity contribution in [1.29, 1.82) is 0 Å². The second-order valence-corrected chi connectivity index (χ2v) is 6.75. The zero-order valence-corrected chi connectivity index (χ0v) is 16.0. The van der Waals surface area contributed by atoms with E-state index in [-0.39, 0.29) is 0 Å². The average molecular weight is 393 g/mol. The van der Waals surface area contributed by atoms with Gasteiger partial charge in [-0.25, -0.2) is 9.97 Å². The Hall–Kier alpha value is -4.39. The largest absolute Gasteiger partial charge is 0.399 e. The van der Waals surface area contributed by atoms with Crippen LogP contribution in [0.3, 0.4) is 0 Å². The highest BCUT2D eigenvalue weighted by molar-refractivity contribution is 5.80.